The van der Waals surface area contributed by atoms with Gasteiger partial charge in [-0.2, -0.15) is 0 Å². The lowest BCUT2D eigenvalue weighted by molar-refractivity contribution is -0.0414. The van der Waals surface area contributed by atoms with Gasteiger partial charge in [-0.3, -0.25) is 4.57 Å². The summed E-state index contributed by atoms with van der Waals surface area (Å²) in [6, 6.07) is 9.48. The first-order valence-electron chi connectivity index (χ1n) is 10.6. The van der Waals surface area contributed by atoms with Crippen LogP contribution in [0.15, 0.2) is 36.7 Å². The lowest BCUT2D eigenvalue weighted by atomic mass is 10.1. The molecular weight excluding hydrogens is 414 g/mol. The zero-order valence-corrected chi connectivity index (χ0v) is 17.9. The van der Waals surface area contributed by atoms with E-state index < -0.39 is 24.5 Å². The topological polar surface area (TPSA) is 158 Å². The Morgan fingerprint density at radius 2 is 1.94 bits per heavy atom. The number of benzene rings is 1. The maximum absolute atomic E-state index is 10.9. The van der Waals surface area contributed by atoms with Crippen molar-refractivity contribution in [2.75, 3.05) is 32.5 Å². The zero-order valence-electron chi connectivity index (χ0n) is 17.9. The van der Waals surface area contributed by atoms with Crippen molar-refractivity contribution < 1.29 is 19.8 Å². The fraction of sp³-hybridized carbons (Fsp3) is 0.476. The van der Waals surface area contributed by atoms with Gasteiger partial charge in [-0.05, 0) is 26.4 Å². The van der Waals surface area contributed by atoms with E-state index in [0.717, 1.165) is 24.9 Å². The Morgan fingerprint density at radius 1 is 1.16 bits per heavy atom. The number of nitrogens with two attached hydrogens (primary N) is 2. The van der Waals surface area contributed by atoms with Crippen LogP contribution in [-0.2, 0) is 9.57 Å². The van der Waals surface area contributed by atoms with Crippen molar-refractivity contribution in [3.63, 3.8) is 0 Å². The van der Waals surface area contributed by atoms with Gasteiger partial charge in [-0.15, -0.1) is 0 Å². The molecule has 3 heterocycles. The molecule has 3 aromatic rings. The summed E-state index contributed by atoms with van der Waals surface area (Å²) in [7, 11) is 1.94. The van der Waals surface area contributed by atoms with Crippen LogP contribution in [0.3, 0.4) is 0 Å². The number of aromatic nitrogens is 4. The Kier molecular flexibility index (Phi) is 6.94. The molecule has 0 unspecified atom stereocenters. The smallest absolute Gasteiger partial charge is 0.168 e. The minimum Gasteiger partial charge on any atom is -0.387 e. The summed E-state index contributed by atoms with van der Waals surface area (Å²) in [5.41, 5.74) is 7.69. The summed E-state index contributed by atoms with van der Waals surface area (Å²) in [6.07, 6.45) is -0.649. The number of fused-ring (bicyclic) bond motifs is 1. The summed E-state index contributed by atoms with van der Waals surface area (Å²) in [6.45, 7) is 1.73. The maximum atomic E-state index is 10.9. The summed E-state index contributed by atoms with van der Waals surface area (Å²) >= 11 is 0. The first-order chi connectivity index (χ1) is 15.5. The highest BCUT2D eigenvalue weighted by molar-refractivity contribution is 5.85. The van der Waals surface area contributed by atoms with Crippen LogP contribution in [-0.4, -0.2) is 79.7 Å². The van der Waals surface area contributed by atoms with Crippen molar-refractivity contribution in [3.05, 3.63) is 36.7 Å². The van der Waals surface area contributed by atoms with E-state index in [1.807, 2.05) is 42.3 Å². The third kappa shape index (κ3) is 4.44. The van der Waals surface area contributed by atoms with Crippen LogP contribution in [0.4, 0.5) is 5.82 Å². The number of anilines is 1. The molecule has 1 fully saturated rings. The monoisotopic (exact) mass is 443 g/mol. The Labute approximate surface area is 185 Å². The number of aliphatic hydroxyl groups excluding tert-OH is 2. The van der Waals surface area contributed by atoms with Crippen molar-refractivity contribution in [1.29, 1.82) is 0 Å². The van der Waals surface area contributed by atoms with E-state index in [1.54, 1.807) is 4.57 Å². The van der Waals surface area contributed by atoms with E-state index in [-0.39, 0.29) is 5.82 Å². The summed E-state index contributed by atoms with van der Waals surface area (Å²) in [5, 5.41) is 21.7. The molecular formula is C21H29N7O4. The highest BCUT2D eigenvalue weighted by Crippen LogP contribution is 2.36. The maximum Gasteiger partial charge on any atom is 0.168 e. The van der Waals surface area contributed by atoms with E-state index in [9.17, 15) is 10.2 Å². The molecule has 2 aromatic heterocycles. The molecule has 32 heavy (non-hydrogen) atoms. The number of nitrogen functional groups attached to an aromatic ring is 1. The third-order valence-corrected chi connectivity index (χ3v) is 5.67. The SMILES string of the molecule is CN(CCCCON)C[C@H]1O[C@@H](n2c(-c3ccccc3)nc3c(N)ncnc32)[C@H](O)[C@@H]1O. The largest absolute Gasteiger partial charge is 0.387 e. The summed E-state index contributed by atoms with van der Waals surface area (Å²) < 4.78 is 7.86. The number of aliphatic hydroxyl groups is 2. The molecule has 11 nitrogen and oxygen atoms in total. The van der Waals surface area contributed by atoms with Gasteiger partial charge in [-0.25, -0.2) is 20.8 Å². The summed E-state index contributed by atoms with van der Waals surface area (Å²) in [5.74, 6) is 5.82. The van der Waals surface area contributed by atoms with Crippen LogP contribution in [0.2, 0.25) is 0 Å². The fourth-order valence-corrected chi connectivity index (χ4v) is 4.02. The van der Waals surface area contributed by atoms with Gasteiger partial charge < -0.3 is 30.4 Å². The van der Waals surface area contributed by atoms with Gasteiger partial charge in [0.2, 0.25) is 0 Å². The molecule has 11 heteroatoms. The molecule has 0 radical (unpaired) electrons. The molecule has 1 saturated heterocycles. The second kappa shape index (κ2) is 9.86. The lowest BCUT2D eigenvalue weighted by Gasteiger charge is -2.23. The van der Waals surface area contributed by atoms with Crippen LogP contribution in [0.25, 0.3) is 22.6 Å². The van der Waals surface area contributed by atoms with E-state index >= 15 is 0 Å². The normalized spacial score (nSPS) is 23.4. The van der Waals surface area contributed by atoms with Gasteiger partial charge in [0.25, 0.3) is 0 Å². The molecule has 0 aliphatic carbocycles. The van der Waals surface area contributed by atoms with Gasteiger partial charge in [-0.1, -0.05) is 30.3 Å². The van der Waals surface area contributed by atoms with Gasteiger partial charge in [0.1, 0.15) is 30.5 Å². The van der Waals surface area contributed by atoms with Crippen molar-refractivity contribution >= 4 is 17.0 Å². The second-order valence-electron chi connectivity index (χ2n) is 7.99. The highest BCUT2D eigenvalue weighted by atomic mass is 16.6. The van der Waals surface area contributed by atoms with Gasteiger partial charge in [0.15, 0.2) is 23.2 Å². The van der Waals surface area contributed by atoms with Crippen LogP contribution >= 0.6 is 0 Å². The number of rotatable bonds is 9. The van der Waals surface area contributed by atoms with Crippen molar-refractivity contribution in [1.82, 2.24) is 24.4 Å². The zero-order chi connectivity index (χ0) is 22.7. The number of nitrogens with zero attached hydrogens (tertiary/aromatic N) is 5. The molecule has 0 spiro atoms. The van der Waals surface area contributed by atoms with Gasteiger partial charge in [0, 0.05) is 12.1 Å². The minimum atomic E-state index is -1.17. The van der Waals surface area contributed by atoms with Crippen LogP contribution in [0.5, 0.6) is 0 Å². The first kappa shape index (κ1) is 22.5. The molecule has 1 aliphatic heterocycles. The van der Waals surface area contributed by atoms with E-state index in [0.29, 0.717) is 30.1 Å². The Balaban J connectivity index is 1.62. The van der Waals surface area contributed by atoms with Crippen LogP contribution < -0.4 is 11.6 Å². The quantitative estimate of drug-likeness (QED) is 0.268. The molecule has 4 atom stereocenters. The lowest BCUT2D eigenvalue weighted by Crippen LogP contribution is -2.38. The first-order valence-corrected chi connectivity index (χ1v) is 10.6. The fourth-order valence-electron chi connectivity index (χ4n) is 4.02. The Morgan fingerprint density at radius 3 is 2.69 bits per heavy atom. The average molecular weight is 444 g/mol. The second-order valence-corrected chi connectivity index (χ2v) is 7.99. The number of unbranched alkanes of at least 4 members (excludes halogenated alkanes) is 1. The van der Waals surface area contributed by atoms with Crippen molar-refractivity contribution in [2.24, 2.45) is 5.90 Å². The molecule has 172 valence electrons. The molecule has 4 rings (SSSR count). The van der Waals surface area contributed by atoms with Crippen LogP contribution in [0.1, 0.15) is 19.1 Å². The number of ether oxygens (including phenoxy) is 1. The van der Waals surface area contributed by atoms with E-state index in [1.165, 1.54) is 6.33 Å². The standard InChI is InChI=1S/C21H29N7O4/c1-27(9-5-6-10-31-23)11-14-16(29)17(30)21(32-14)28-19(13-7-3-2-4-8-13)26-15-18(22)24-12-25-20(15)28/h2-4,7-8,12,14,16-17,21,29-30H,5-6,9-11,23H2,1H3,(H2,22,24,25)/t14-,16-,17-,21-/m1/s1. The number of hydrogen-bond acceptors (Lipinski definition) is 10. The summed E-state index contributed by atoms with van der Waals surface area (Å²) in [4.78, 5) is 19.6. The Bertz CT molecular complexity index is 1030. The highest BCUT2D eigenvalue weighted by Gasteiger charge is 2.45. The number of likely N-dealkylation sites (N-methyl/N-ethyl adjacent to an activating group) is 1. The minimum absolute atomic E-state index is 0.233. The molecule has 6 N–H and O–H groups in total. The molecule has 0 bridgehead atoms. The third-order valence-electron chi connectivity index (χ3n) is 5.67. The molecule has 1 aliphatic rings. The van der Waals surface area contributed by atoms with E-state index in [2.05, 4.69) is 19.8 Å². The van der Waals surface area contributed by atoms with E-state index in [4.69, 9.17) is 16.4 Å². The molecule has 1 aromatic carbocycles. The number of imidazole rings is 1. The molecule has 0 saturated carbocycles. The molecule has 0 amide bonds. The number of hydrogen-bond donors (Lipinski definition) is 4. The predicted octanol–water partition coefficient (Wildman–Crippen LogP) is 0.297. The van der Waals surface area contributed by atoms with Crippen LogP contribution in [0, 0.1) is 0 Å². The Hall–Kier alpha value is -2.67. The van der Waals surface area contributed by atoms with Gasteiger partial charge in [0.05, 0.1) is 6.61 Å². The van der Waals surface area contributed by atoms with Crippen molar-refractivity contribution in [2.45, 2.75) is 37.4 Å². The van der Waals surface area contributed by atoms with Crippen molar-refractivity contribution in [3.8, 4) is 11.4 Å². The average Bonchev–Trinajstić information content (AvgIpc) is 3.31. The van der Waals surface area contributed by atoms with Gasteiger partial charge >= 0.3 is 0 Å². The predicted molar refractivity (Wildman–Crippen MR) is 118 cm³/mol.